The molecule has 22 heavy (non-hydrogen) atoms. The van der Waals surface area contributed by atoms with Crippen molar-refractivity contribution in [2.45, 2.75) is 43.4 Å². The second-order valence-corrected chi connectivity index (χ2v) is 7.55. The van der Waals surface area contributed by atoms with Crippen LogP contribution in [-0.4, -0.2) is 53.6 Å². The summed E-state index contributed by atoms with van der Waals surface area (Å²) in [5.41, 5.74) is 1.81. The normalized spacial score (nSPS) is 35.4. The maximum Gasteiger partial charge on any atom is 0.135 e. The van der Waals surface area contributed by atoms with Crippen LogP contribution in [0.2, 0.25) is 0 Å². The van der Waals surface area contributed by atoms with Gasteiger partial charge in [0, 0.05) is 29.8 Å². The fourth-order valence-electron chi connectivity index (χ4n) is 4.30. The number of aliphatic hydroxyl groups is 1. The van der Waals surface area contributed by atoms with Crippen molar-refractivity contribution < 1.29 is 9.84 Å². The molecule has 0 bridgehead atoms. The van der Waals surface area contributed by atoms with E-state index in [0.29, 0.717) is 6.04 Å². The van der Waals surface area contributed by atoms with Crippen molar-refractivity contribution in [1.82, 2.24) is 9.88 Å². The SMILES string of the molecule is OC1Nc2cc(Br)cnc2C12CCC(N1CCOCC1)CC2. The lowest BCUT2D eigenvalue weighted by molar-refractivity contribution is -0.00752. The van der Waals surface area contributed by atoms with Gasteiger partial charge in [0.25, 0.3) is 0 Å². The number of rotatable bonds is 1. The second kappa shape index (κ2) is 5.74. The molecule has 3 aliphatic rings. The van der Waals surface area contributed by atoms with Gasteiger partial charge in [-0.1, -0.05) is 0 Å². The summed E-state index contributed by atoms with van der Waals surface area (Å²) in [7, 11) is 0. The van der Waals surface area contributed by atoms with Gasteiger partial charge in [0.15, 0.2) is 0 Å². The molecule has 1 aromatic heterocycles. The van der Waals surface area contributed by atoms with E-state index in [4.69, 9.17) is 4.74 Å². The molecule has 4 rings (SSSR count). The quantitative estimate of drug-likeness (QED) is 0.795. The zero-order valence-electron chi connectivity index (χ0n) is 12.6. The number of pyridine rings is 1. The average Bonchev–Trinajstić information content (AvgIpc) is 2.80. The van der Waals surface area contributed by atoms with Crippen LogP contribution in [0.5, 0.6) is 0 Å². The Morgan fingerprint density at radius 1 is 1.32 bits per heavy atom. The van der Waals surface area contributed by atoms with Gasteiger partial charge < -0.3 is 15.2 Å². The molecule has 0 radical (unpaired) electrons. The van der Waals surface area contributed by atoms with Crippen molar-refractivity contribution in [3.05, 3.63) is 22.4 Å². The molecule has 1 spiro atoms. The molecule has 1 aromatic rings. The smallest absolute Gasteiger partial charge is 0.135 e. The molecule has 1 atom stereocenters. The summed E-state index contributed by atoms with van der Waals surface area (Å²) in [5, 5.41) is 13.8. The Labute approximate surface area is 139 Å². The molecular formula is C16H22BrN3O2. The predicted octanol–water partition coefficient (Wildman–Crippen LogP) is 2.10. The van der Waals surface area contributed by atoms with Crippen molar-refractivity contribution in [1.29, 1.82) is 0 Å². The number of anilines is 1. The Balaban J connectivity index is 1.52. The number of halogens is 1. The largest absolute Gasteiger partial charge is 0.379 e. The van der Waals surface area contributed by atoms with Gasteiger partial charge in [-0.15, -0.1) is 0 Å². The molecule has 120 valence electrons. The van der Waals surface area contributed by atoms with Crippen LogP contribution >= 0.6 is 15.9 Å². The first-order valence-electron chi connectivity index (χ1n) is 8.11. The first-order valence-corrected chi connectivity index (χ1v) is 8.91. The Morgan fingerprint density at radius 2 is 2.05 bits per heavy atom. The summed E-state index contributed by atoms with van der Waals surface area (Å²) in [4.78, 5) is 7.18. The lowest BCUT2D eigenvalue weighted by atomic mass is 9.70. The molecule has 1 unspecified atom stereocenters. The molecule has 1 saturated heterocycles. The van der Waals surface area contributed by atoms with Crippen molar-refractivity contribution in [3.63, 3.8) is 0 Å². The van der Waals surface area contributed by atoms with Gasteiger partial charge in [-0.3, -0.25) is 9.88 Å². The van der Waals surface area contributed by atoms with Crippen LogP contribution in [0.15, 0.2) is 16.7 Å². The minimum atomic E-state index is -0.519. The molecule has 2 aliphatic heterocycles. The molecule has 3 heterocycles. The number of nitrogens with zero attached hydrogens (tertiary/aromatic N) is 2. The number of hydrogen-bond acceptors (Lipinski definition) is 5. The van der Waals surface area contributed by atoms with E-state index in [1.807, 2.05) is 12.3 Å². The minimum Gasteiger partial charge on any atom is -0.379 e. The van der Waals surface area contributed by atoms with Crippen LogP contribution in [0.3, 0.4) is 0 Å². The monoisotopic (exact) mass is 367 g/mol. The summed E-state index contributed by atoms with van der Waals surface area (Å²) in [6, 6.07) is 2.65. The van der Waals surface area contributed by atoms with Crippen molar-refractivity contribution in [2.75, 3.05) is 31.6 Å². The molecule has 1 saturated carbocycles. The lowest BCUT2D eigenvalue weighted by Gasteiger charge is -2.43. The van der Waals surface area contributed by atoms with Crippen LogP contribution in [-0.2, 0) is 10.2 Å². The standard InChI is InChI=1S/C16H22BrN3O2/c17-11-9-13-14(18-10-11)16(15(21)19-13)3-1-12(2-4-16)20-5-7-22-8-6-20/h9-10,12,15,19,21H,1-8H2. The molecule has 2 fully saturated rings. The first kappa shape index (κ1) is 14.9. The van der Waals surface area contributed by atoms with Gasteiger partial charge in [0.05, 0.1) is 30.0 Å². The Bertz CT molecular complexity index is 554. The van der Waals surface area contributed by atoms with Crippen molar-refractivity contribution in [3.8, 4) is 0 Å². The fraction of sp³-hybridized carbons (Fsp3) is 0.688. The molecule has 0 amide bonds. The predicted molar refractivity (Wildman–Crippen MR) is 87.9 cm³/mol. The average molecular weight is 368 g/mol. The van der Waals surface area contributed by atoms with Gasteiger partial charge in [0.2, 0.25) is 0 Å². The van der Waals surface area contributed by atoms with Gasteiger partial charge in [-0.05, 0) is 47.7 Å². The van der Waals surface area contributed by atoms with E-state index in [2.05, 4.69) is 31.1 Å². The molecular weight excluding hydrogens is 346 g/mol. The topological polar surface area (TPSA) is 57.6 Å². The zero-order chi connectivity index (χ0) is 15.2. The third-order valence-corrected chi connectivity index (χ3v) is 5.98. The molecule has 1 aliphatic carbocycles. The number of aliphatic hydroxyl groups excluding tert-OH is 1. The van der Waals surface area contributed by atoms with E-state index in [1.54, 1.807) is 0 Å². The van der Waals surface area contributed by atoms with Gasteiger partial charge in [-0.25, -0.2) is 0 Å². The molecule has 0 aromatic carbocycles. The van der Waals surface area contributed by atoms with Crippen molar-refractivity contribution in [2.24, 2.45) is 0 Å². The highest BCUT2D eigenvalue weighted by Gasteiger charge is 2.50. The summed E-state index contributed by atoms with van der Waals surface area (Å²) >= 11 is 3.46. The summed E-state index contributed by atoms with van der Waals surface area (Å²) in [5.74, 6) is 0. The van der Waals surface area contributed by atoms with Gasteiger partial charge in [-0.2, -0.15) is 0 Å². The molecule has 6 heteroatoms. The first-order chi connectivity index (χ1) is 10.7. The maximum absolute atomic E-state index is 10.6. The Morgan fingerprint density at radius 3 is 2.77 bits per heavy atom. The number of fused-ring (bicyclic) bond motifs is 2. The maximum atomic E-state index is 10.6. The number of aromatic nitrogens is 1. The third kappa shape index (κ3) is 2.37. The summed E-state index contributed by atoms with van der Waals surface area (Å²) < 4.78 is 6.40. The number of ether oxygens (including phenoxy) is 1. The van der Waals surface area contributed by atoms with E-state index in [1.165, 1.54) is 0 Å². The molecule has 5 nitrogen and oxygen atoms in total. The van der Waals surface area contributed by atoms with E-state index in [-0.39, 0.29) is 5.41 Å². The van der Waals surface area contributed by atoms with E-state index < -0.39 is 6.23 Å². The van der Waals surface area contributed by atoms with Crippen molar-refractivity contribution >= 4 is 21.6 Å². The zero-order valence-corrected chi connectivity index (χ0v) is 14.2. The van der Waals surface area contributed by atoms with E-state index >= 15 is 0 Å². The number of nitrogens with one attached hydrogen (secondary N) is 1. The number of morpholine rings is 1. The van der Waals surface area contributed by atoms with Crippen LogP contribution in [0.4, 0.5) is 5.69 Å². The minimum absolute atomic E-state index is 0.210. The van der Waals surface area contributed by atoms with Gasteiger partial charge in [0.1, 0.15) is 6.23 Å². The highest BCUT2D eigenvalue weighted by molar-refractivity contribution is 9.10. The molecule has 2 N–H and O–H groups in total. The Hall–Kier alpha value is -0.690. The summed E-state index contributed by atoms with van der Waals surface area (Å²) in [6.45, 7) is 3.79. The fourth-order valence-corrected chi connectivity index (χ4v) is 4.63. The lowest BCUT2D eigenvalue weighted by Crippen LogP contribution is -2.50. The van der Waals surface area contributed by atoms with E-state index in [9.17, 15) is 5.11 Å². The van der Waals surface area contributed by atoms with Crippen LogP contribution in [0.25, 0.3) is 0 Å². The van der Waals surface area contributed by atoms with Crippen LogP contribution in [0, 0.1) is 0 Å². The van der Waals surface area contributed by atoms with Gasteiger partial charge >= 0.3 is 0 Å². The number of hydrogen-bond donors (Lipinski definition) is 2. The second-order valence-electron chi connectivity index (χ2n) is 6.63. The third-order valence-electron chi connectivity index (χ3n) is 5.55. The van der Waals surface area contributed by atoms with Crippen LogP contribution in [0.1, 0.15) is 31.4 Å². The highest BCUT2D eigenvalue weighted by Crippen LogP contribution is 2.49. The highest BCUT2D eigenvalue weighted by atomic mass is 79.9. The van der Waals surface area contributed by atoms with Crippen LogP contribution < -0.4 is 5.32 Å². The Kier molecular flexibility index (Phi) is 3.88. The van der Waals surface area contributed by atoms with E-state index in [0.717, 1.165) is 67.8 Å². The summed E-state index contributed by atoms with van der Waals surface area (Å²) in [6.07, 6.45) is 5.55.